The minimum absolute atomic E-state index is 0.416. The lowest BCUT2D eigenvalue weighted by Crippen LogP contribution is -1.98. The van der Waals surface area contributed by atoms with Crippen LogP contribution in [0.25, 0.3) is 0 Å². The van der Waals surface area contributed by atoms with Crippen molar-refractivity contribution in [3.63, 3.8) is 0 Å². The quantitative estimate of drug-likeness (QED) is 0.532. The maximum Gasteiger partial charge on any atom is 0.0333 e. The fourth-order valence-corrected chi connectivity index (χ4v) is 1.25. The second kappa shape index (κ2) is 6.97. The smallest absolute Gasteiger partial charge is 0.0333 e. The molecule has 0 amide bonds. The van der Waals surface area contributed by atoms with Gasteiger partial charge in [0, 0.05) is 5.38 Å². The van der Waals surface area contributed by atoms with E-state index >= 15 is 0 Å². The fraction of sp³-hybridized carbons (Fsp3) is 1.00. The van der Waals surface area contributed by atoms with Gasteiger partial charge in [-0.15, -0.1) is 11.6 Å². The van der Waals surface area contributed by atoms with Crippen molar-refractivity contribution >= 4 is 11.6 Å². The van der Waals surface area contributed by atoms with Crippen molar-refractivity contribution in [3.05, 3.63) is 0 Å². The van der Waals surface area contributed by atoms with Crippen molar-refractivity contribution in [3.8, 4) is 0 Å². The van der Waals surface area contributed by atoms with Crippen molar-refractivity contribution in [1.29, 1.82) is 0 Å². The van der Waals surface area contributed by atoms with Crippen LogP contribution in [0.15, 0.2) is 0 Å². The maximum absolute atomic E-state index is 5.99. The topological polar surface area (TPSA) is 0 Å². The summed E-state index contributed by atoms with van der Waals surface area (Å²) in [6, 6.07) is 0. The van der Waals surface area contributed by atoms with Crippen molar-refractivity contribution in [1.82, 2.24) is 0 Å². The molecule has 0 fully saturated rings. The Morgan fingerprint density at radius 1 is 1.09 bits per heavy atom. The van der Waals surface area contributed by atoms with Crippen LogP contribution in [0.1, 0.15) is 52.9 Å². The van der Waals surface area contributed by atoms with Gasteiger partial charge in [0.15, 0.2) is 0 Å². The average molecular weight is 177 g/mol. The van der Waals surface area contributed by atoms with Gasteiger partial charge in [-0.3, -0.25) is 0 Å². The number of rotatable bonds is 6. The highest BCUT2D eigenvalue weighted by Crippen LogP contribution is 2.15. The largest absolute Gasteiger partial charge is 0.123 e. The van der Waals surface area contributed by atoms with Gasteiger partial charge in [0.25, 0.3) is 0 Å². The highest BCUT2D eigenvalue weighted by molar-refractivity contribution is 6.20. The van der Waals surface area contributed by atoms with Gasteiger partial charge in [-0.1, -0.05) is 40.0 Å². The molecule has 0 aromatic rings. The molecule has 68 valence electrons. The van der Waals surface area contributed by atoms with Gasteiger partial charge in [-0.25, -0.2) is 0 Å². The third-order valence-corrected chi connectivity index (χ3v) is 2.88. The Kier molecular flexibility index (Phi) is 7.15. The maximum atomic E-state index is 5.99. The van der Waals surface area contributed by atoms with E-state index in [2.05, 4.69) is 20.8 Å². The number of alkyl halides is 1. The Balaban J connectivity index is 3.13. The molecule has 0 nitrogen and oxygen atoms in total. The minimum atomic E-state index is 0.416. The molecule has 0 radical (unpaired) electrons. The van der Waals surface area contributed by atoms with Gasteiger partial charge in [-0.2, -0.15) is 0 Å². The van der Waals surface area contributed by atoms with E-state index in [-0.39, 0.29) is 0 Å². The molecule has 0 N–H and O–H groups in total. The van der Waals surface area contributed by atoms with Crippen LogP contribution in [0.3, 0.4) is 0 Å². The van der Waals surface area contributed by atoms with Crippen LogP contribution in [0.4, 0.5) is 0 Å². The average Bonchev–Trinajstić information content (AvgIpc) is 2.04. The van der Waals surface area contributed by atoms with Crippen LogP contribution >= 0.6 is 11.6 Å². The van der Waals surface area contributed by atoms with E-state index in [9.17, 15) is 0 Å². The van der Waals surface area contributed by atoms with Crippen molar-refractivity contribution in [2.75, 3.05) is 0 Å². The third-order valence-electron chi connectivity index (χ3n) is 2.35. The normalized spacial score (nSPS) is 16.4. The molecule has 1 heteroatoms. The Labute approximate surface area is 76.3 Å². The van der Waals surface area contributed by atoms with E-state index in [0.717, 1.165) is 12.3 Å². The van der Waals surface area contributed by atoms with Crippen LogP contribution in [-0.4, -0.2) is 5.38 Å². The summed E-state index contributed by atoms with van der Waals surface area (Å²) in [6.45, 7) is 6.72. The van der Waals surface area contributed by atoms with Crippen LogP contribution in [0.2, 0.25) is 0 Å². The summed E-state index contributed by atoms with van der Waals surface area (Å²) < 4.78 is 0. The lowest BCUT2D eigenvalue weighted by atomic mass is 10.0. The van der Waals surface area contributed by atoms with E-state index in [4.69, 9.17) is 11.6 Å². The first kappa shape index (κ1) is 11.3. The molecule has 2 atom stereocenters. The molecule has 0 aliphatic rings. The van der Waals surface area contributed by atoms with Gasteiger partial charge in [0.05, 0.1) is 0 Å². The molecule has 0 rings (SSSR count). The summed E-state index contributed by atoms with van der Waals surface area (Å²) in [6.07, 6.45) is 6.26. The zero-order valence-corrected chi connectivity index (χ0v) is 8.82. The highest BCUT2D eigenvalue weighted by atomic mass is 35.5. The summed E-state index contributed by atoms with van der Waals surface area (Å²) in [5, 5.41) is 0.416. The zero-order chi connectivity index (χ0) is 8.69. The monoisotopic (exact) mass is 176 g/mol. The number of hydrogen-bond acceptors (Lipinski definition) is 0. The third kappa shape index (κ3) is 6.68. The number of halogens is 1. The molecular formula is C10H21Cl. The van der Waals surface area contributed by atoms with Gasteiger partial charge in [-0.05, 0) is 18.8 Å². The second-order valence-electron chi connectivity index (χ2n) is 3.45. The highest BCUT2D eigenvalue weighted by Gasteiger charge is 2.02. The summed E-state index contributed by atoms with van der Waals surface area (Å²) in [5.74, 6) is 0.885. The van der Waals surface area contributed by atoms with Crippen molar-refractivity contribution < 1.29 is 0 Å². The van der Waals surface area contributed by atoms with Gasteiger partial charge in [0.1, 0.15) is 0 Å². The predicted octanol–water partition coefficient (Wildman–Crippen LogP) is 4.22. The molecular weight excluding hydrogens is 156 g/mol. The van der Waals surface area contributed by atoms with Crippen molar-refractivity contribution in [2.45, 2.75) is 58.3 Å². The van der Waals surface area contributed by atoms with Crippen LogP contribution in [-0.2, 0) is 0 Å². The molecule has 0 heterocycles. The Hall–Kier alpha value is 0.290. The SMILES string of the molecule is CCC(C)CCCC(Cl)CC. The number of hydrogen-bond donors (Lipinski definition) is 0. The summed E-state index contributed by atoms with van der Waals surface area (Å²) in [7, 11) is 0. The molecule has 0 aliphatic carbocycles. The summed E-state index contributed by atoms with van der Waals surface area (Å²) in [5.41, 5.74) is 0. The molecule has 0 bridgehead atoms. The molecule has 2 unspecified atom stereocenters. The first-order valence-corrected chi connectivity index (χ1v) is 5.28. The summed E-state index contributed by atoms with van der Waals surface area (Å²) in [4.78, 5) is 0. The first-order valence-electron chi connectivity index (χ1n) is 4.84. The molecule has 0 saturated heterocycles. The Morgan fingerprint density at radius 2 is 1.73 bits per heavy atom. The molecule has 11 heavy (non-hydrogen) atoms. The van der Waals surface area contributed by atoms with Gasteiger partial charge in [0.2, 0.25) is 0 Å². The van der Waals surface area contributed by atoms with E-state index in [1.54, 1.807) is 0 Å². The van der Waals surface area contributed by atoms with Gasteiger partial charge < -0.3 is 0 Å². The first-order chi connectivity index (χ1) is 5.20. The molecule has 0 aromatic carbocycles. The van der Waals surface area contributed by atoms with Crippen LogP contribution < -0.4 is 0 Å². The zero-order valence-electron chi connectivity index (χ0n) is 8.07. The van der Waals surface area contributed by atoms with Gasteiger partial charge >= 0.3 is 0 Å². The van der Waals surface area contributed by atoms with Crippen molar-refractivity contribution in [2.24, 2.45) is 5.92 Å². The predicted molar refractivity (Wildman–Crippen MR) is 53.2 cm³/mol. The fourth-order valence-electron chi connectivity index (χ4n) is 1.10. The van der Waals surface area contributed by atoms with Crippen LogP contribution in [0.5, 0.6) is 0 Å². The molecule has 0 spiro atoms. The lowest BCUT2D eigenvalue weighted by Gasteiger charge is -2.09. The second-order valence-corrected chi connectivity index (χ2v) is 4.07. The van der Waals surface area contributed by atoms with E-state index in [1.807, 2.05) is 0 Å². The minimum Gasteiger partial charge on any atom is -0.123 e. The summed E-state index contributed by atoms with van der Waals surface area (Å²) >= 11 is 5.99. The standard InChI is InChI=1S/C10H21Cl/c1-4-9(3)7-6-8-10(11)5-2/h9-10H,4-8H2,1-3H3. The Bertz CT molecular complexity index is 70.9. The lowest BCUT2D eigenvalue weighted by molar-refractivity contribution is 0.479. The van der Waals surface area contributed by atoms with E-state index < -0.39 is 0 Å². The molecule has 0 aliphatic heterocycles. The van der Waals surface area contributed by atoms with Crippen LogP contribution in [0, 0.1) is 5.92 Å². The molecule has 0 saturated carbocycles. The molecule has 0 aromatic heterocycles. The van der Waals surface area contributed by atoms with E-state index in [1.165, 1.54) is 25.7 Å². The Morgan fingerprint density at radius 3 is 2.18 bits per heavy atom. The van der Waals surface area contributed by atoms with E-state index in [0.29, 0.717) is 5.38 Å².